The van der Waals surface area contributed by atoms with E-state index in [4.69, 9.17) is 5.73 Å². The molecule has 3 nitrogen and oxygen atoms in total. The fraction of sp³-hybridized carbons (Fsp3) is 0.571. The number of carbonyl (C=O) groups is 1. The van der Waals surface area contributed by atoms with Gasteiger partial charge in [0.15, 0.2) is 0 Å². The molecule has 58 valence electrons. The Bertz CT molecular complexity index is 141. The molecule has 0 amide bonds. The smallest absolute Gasteiger partial charge is 0.302 e. The fourth-order valence-corrected chi connectivity index (χ4v) is 0.385. The van der Waals surface area contributed by atoms with Gasteiger partial charge in [-0.25, -0.2) is 0 Å². The number of carbonyl (C=O) groups excluding carboxylic acids is 1. The minimum atomic E-state index is -0.263. The number of hydrogen-bond donors (Lipinski definition) is 1. The molecule has 0 radical (unpaired) electrons. The number of hydrogen-bond acceptors (Lipinski definition) is 3. The van der Waals surface area contributed by atoms with Crippen LogP contribution in [0.15, 0.2) is 11.6 Å². The molecule has 0 bridgehead atoms. The Morgan fingerprint density at radius 3 is 2.60 bits per heavy atom. The molecule has 0 aliphatic heterocycles. The lowest BCUT2D eigenvalue weighted by Crippen LogP contribution is -2.03. The van der Waals surface area contributed by atoms with Crippen molar-refractivity contribution in [2.75, 3.05) is 13.2 Å². The second-order valence-corrected chi connectivity index (χ2v) is 2.06. The summed E-state index contributed by atoms with van der Waals surface area (Å²) in [6.45, 7) is 4.12. The van der Waals surface area contributed by atoms with Crippen LogP contribution in [0, 0.1) is 0 Å². The molecule has 0 rings (SSSR count). The van der Waals surface area contributed by atoms with Crippen molar-refractivity contribution >= 4 is 5.97 Å². The summed E-state index contributed by atoms with van der Waals surface area (Å²) in [6, 6.07) is 0. The van der Waals surface area contributed by atoms with Gasteiger partial charge < -0.3 is 10.5 Å². The maximum atomic E-state index is 10.2. The summed E-state index contributed by atoms with van der Waals surface area (Å²) in [5, 5.41) is 0. The van der Waals surface area contributed by atoms with Gasteiger partial charge in [-0.3, -0.25) is 4.79 Å². The van der Waals surface area contributed by atoms with Crippen LogP contribution in [0.5, 0.6) is 0 Å². The normalized spacial score (nSPS) is 11.3. The molecule has 0 fully saturated rings. The maximum Gasteiger partial charge on any atom is 0.302 e. The second kappa shape index (κ2) is 4.99. The molecular weight excluding hydrogens is 130 g/mol. The van der Waals surface area contributed by atoms with Gasteiger partial charge in [-0.15, -0.1) is 0 Å². The van der Waals surface area contributed by atoms with E-state index in [9.17, 15) is 4.79 Å². The third-order valence-electron chi connectivity index (χ3n) is 1.04. The lowest BCUT2D eigenvalue weighted by molar-refractivity contribution is -0.139. The van der Waals surface area contributed by atoms with Crippen LogP contribution in [0.1, 0.15) is 13.8 Å². The summed E-state index contributed by atoms with van der Waals surface area (Å²) in [4.78, 5) is 10.2. The van der Waals surface area contributed by atoms with Crippen LogP contribution in [-0.4, -0.2) is 19.1 Å². The largest absolute Gasteiger partial charge is 0.462 e. The van der Waals surface area contributed by atoms with Crippen LogP contribution in [0.4, 0.5) is 0 Å². The van der Waals surface area contributed by atoms with E-state index in [1.165, 1.54) is 6.92 Å². The maximum absolute atomic E-state index is 10.2. The lowest BCUT2D eigenvalue weighted by Gasteiger charge is -1.96. The first-order valence-corrected chi connectivity index (χ1v) is 3.16. The van der Waals surface area contributed by atoms with E-state index in [-0.39, 0.29) is 5.97 Å². The summed E-state index contributed by atoms with van der Waals surface area (Å²) < 4.78 is 4.64. The number of nitrogens with two attached hydrogens (primary N) is 1. The standard InChI is InChI=1S/C7H13NO2/c1-6(5-8)3-4-10-7(2)9/h3H,4-5,8H2,1-2H3. The summed E-state index contributed by atoms with van der Waals surface area (Å²) in [5.41, 5.74) is 6.31. The van der Waals surface area contributed by atoms with Crippen molar-refractivity contribution in [3.63, 3.8) is 0 Å². The predicted octanol–water partition coefficient (Wildman–Crippen LogP) is 0.455. The molecule has 0 heterocycles. The number of rotatable bonds is 3. The van der Waals surface area contributed by atoms with Crippen LogP contribution in [0.25, 0.3) is 0 Å². The monoisotopic (exact) mass is 143 g/mol. The average Bonchev–Trinajstić information content (AvgIpc) is 1.87. The summed E-state index contributed by atoms with van der Waals surface area (Å²) in [6.07, 6.45) is 1.79. The molecule has 0 aliphatic carbocycles. The summed E-state index contributed by atoms with van der Waals surface area (Å²) >= 11 is 0. The molecule has 2 N–H and O–H groups in total. The highest BCUT2D eigenvalue weighted by Crippen LogP contribution is 1.87. The zero-order valence-corrected chi connectivity index (χ0v) is 6.39. The topological polar surface area (TPSA) is 52.3 Å². The van der Waals surface area contributed by atoms with Crippen molar-refractivity contribution in [2.45, 2.75) is 13.8 Å². The molecule has 0 spiro atoms. The Labute approximate surface area is 60.9 Å². The van der Waals surface area contributed by atoms with Crippen LogP contribution in [-0.2, 0) is 9.53 Å². The summed E-state index contributed by atoms with van der Waals surface area (Å²) in [5.74, 6) is -0.263. The molecule has 0 aromatic rings. The van der Waals surface area contributed by atoms with Crippen molar-refractivity contribution < 1.29 is 9.53 Å². The third-order valence-corrected chi connectivity index (χ3v) is 1.04. The molecule has 0 aromatic heterocycles. The van der Waals surface area contributed by atoms with Crippen molar-refractivity contribution in [1.29, 1.82) is 0 Å². The minimum Gasteiger partial charge on any atom is -0.462 e. The second-order valence-electron chi connectivity index (χ2n) is 2.06. The van der Waals surface area contributed by atoms with E-state index < -0.39 is 0 Å². The molecule has 0 saturated carbocycles. The molecule has 10 heavy (non-hydrogen) atoms. The first kappa shape index (κ1) is 9.17. The Morgan fingerprint density at radius 2 is 2.20 bits per heavy atom. The lowest BCUT2D eigenvalue weighted by atomic mass is 10.3. The molecule has 3 heteroatoms. The number of ether oxygens (including phenoxy) is 1. The molecule has 0 aromatic carbocycles. The molecular formula is C7H13NO2. The SMILES string of the molecule is CC(=O)OCC=C(C)CN. The van der Waals surface area contributed by atoms with Gasteiger partial charge in [-0.2, -0.15) is 0 Å². The van der Waals surface area contributed by atoms with E-state index in [0.717, 1.165) is 5.57 Å². The van der Waals surface area contributed by atoms with Crippen molar-refractivity contribution in [1.82, 2.24) is 0 Å². The molecule has 0 aliphatic rings. The minimum absolute atomic E-state index is 0.263. The van der Waals surface area contributed by atoms with Gasteiger partial charge in [-0.05, 0) is 13.0 Å². The van der Waals surface area contributed by atoms with Crippen LogP contribution >= 0.6 is 0 Å². The van der Waals surface area contributed by atoms with E-state index in [0.29, 0.717) is 13.2 Å². The Hall–Kier alpha value is -0.830. The quantitative estimate of drug-likeness (QED) is 0.461. The van der Waals surface area contributed by atoms with E-state index in [2.05, 4.69) is 4.74 Å². The van der Waals surface area contributed by atoms with Crippen molar-refractivity contribution in [2.24, 2.45) is 5.73 Å². The van der Waals surface area contributed by atoms with Gasteiger partial charge in [0.1, 0.15) is 6.61 Å². The van der Waals surface area contributed by atoms with Crippen molar-refractivity contribution in [3.05, 3.63) is 11.6 Å². The highest BCUT2D eigenvalue weighted by atomic mass is 16.5. The molecule has 0 atom stereocenters. The van der Waals surface area contributed by atoms with Gasteiger partial charge in [0.05, 0.1) is 0 Å². The average molecular weight is 143 g/mol. The van der Waals surface area contributed by atoms with Gasteiger partial charge in [0.2, 0.25) is 0 Å². The van der Waals surface area contributed by atoms with Gasteiger partial charge in [0.25, 0.3) is 0 Å². The van der Waals surface area contributed by atoms with E-state index in [1.807, 2.05) is 6.92 Å². The van der Waals surface area contributed by atoms with Crippen LogP contribution in [0.3, 0.4) is 0 Å². The zero-order chi connectivity index (χ0) is 7.98. The number of esters is 1. The van der Waals surface area contributed by atoms with Gasteiger partial charge in [-0.1, -0.05) is 5.57 Å². The Morgan fingerprint density at radius 1 is 1.60 bits per heavy atom. The Kier molecular flexibility index (Phi) is 4.58. The highest BCUT2D eigenvalue weighted by Gasteiger charge is 1.88. The van der Waals surface area contributed by atoms with Crippen LogP contribution < -0.4 is 5.73 Å². The molecule has 0 saturated heterocycles. The van der Waals surface area contributed by atoms with E-state index >= 15 is 0 Å². The van der Waals surface area contributed by atoms with Crippen LogP contribution in [0.2, 0.25) is 0 Å². The first-order valence-electron chi connectivity index (χ1n) is 3.16. The predicted molar refractivity (Wildman–Crippen MR) is 39.4 cm³/mol. The van der Waals surface area contributed by atoms with Gasteiger partial charge >= 0.3 is 5.97 Å². The first-order chi connectivity index (χ1) is 4.66. The van der Waals surface area contributed by atoms with Gasteiger partial charge in [0, 0.05) is 13.5 Å². The Balaban J connectivity index is 3.43. The molecule has 0 unspecified atom stereocenters. The fourth-order valence-electron chi connectivity index (χ4n) is 0.385. The zero-order valence-electron chi connectivity index (χ0n) is 6.39. The highest BCUT2D eigenvalue weighted by molar-refractivity contribution is 5.66. The summed E-state index contributed by atoms with van der Waals surface area (Å²) in [7, 11) is 0. The van der Waals surface area contributed by atoms with Crippen molar-refractivity contribution in [3.8, 4) is 0 Å². The third kappa shape index (κ3) is 5.31. The van der Waals surface area contributed by atoms with E-state index in [1.54, 1.807) is 6.08 Å².